The molecular formula is C11H9ClIN3O2S. The van der Waals surface area contributed by atoms with Crippen molar-refractivity contribution in [1.29, 1.82) is 0 Å². The fraction of sp³-hybridized carbons (Fsp3) is 0.0909. The highest BCUT2D eigenvalue weighted by atomic mass is 127. The Labute approximate surface area is 129 Å². The number of hydrogen-bond acceptors (Lipinski definition) is 4. The number of hydrogen-bond donors (Lipinski definition) is 1. The van der Waals surface area contributed by atoms with Crippen LogP contribution in [-0.2, 0) is 10.0 Å². The maximum Gasteiger partial charge on any atom is 0.264 e. The number of sulfonamides is 1. The van der Waals surface area contributed by atoms with Crippen molar-refractivity contribution >= 4 is 49.9 Å². The maximum atomic E-state index is 12.1. The second-order valence-electron chi connectivity index (χ2n) is 3.75. The van der Waals surface area contributed by atoms with E-state index < -0.39 is 10.0 Å². The van der Waals surface area contributed by atoms with Gasteiger partial charge in [0.15, 0.2) is 0 Å². The lowest BCUT2D eigenvalue weighted by atomic mass is 10.2. The molecule has 2 aromatic rings. The lowest BCUT2D eigenvalue weighted by Crippen LogP contribution is -2.14. The highest BCUT2D eigenvalue weighted by molar-refractivity contribution is 14.1. The van der Waals surface area contributed by atoms with E-state index in [4.69, 9.17) is 11.6 Å². The van der Waals surface area contributed by atoms with Crippen molar-refractivity contribution < 1.29 is 8.42 Å². The molecule has 0 aliphatic carbocycles. The first-order valence-electron chi connectivity index (χ1n) is 5.15. The minimum atomic E-state index is -3.70. The first kappa shape index (κ1) is 14.5. The summed E-state index contributed by atoms with van der Waals surface area (Å²) in [5.41, 5.74) is 1.36. The Hall–Kier alpha value is -0.930. The van der Waals surface area contributed by atoms with Crippen LogP contribution in [0.15, 0.2) is 35.5 Å². The first-order valence-corrected chi connectivity index (χ1v) is 8.09. The summed E-state index contributed by atoms with van der Waals surface area (Å²) in [4.78, 5) is 7.28. The van der Waals surface area contributed by atoms with E-state index >= 15 is 0 Å². The number of aromatic nitrogens is 2. The summed E-state index contributed by atoms with van der Waals surface area (Å²) in [6.45, 7) is 1.83. The van der Waals surface area contributed by atoms with Crippen molar-refractivity contribution in [3.05, 3.63) is 45.0 Å². The molecular weight excluding hydrogens is 401 g/mol. The monoisotopic (exact) mass is 409 g/mol. The third-order valence-electron chi connectivity index (χ3n) is 2.34. The van der Waals surface area contributed by atoms with Gasteiger partial charge in [-0.2, -0.15) is 0 Å². The van der Waals surface area contributed by atoms with Crippen LogP contribution < -0.4 is 4.72 Å². The molecule has 0 amide bonds. The number of anilines is 1. The summed E-state index contributed by atoms with van der Waals surface area (Å²) >= 11 is 7.69. The average Bonchev–Trinajstić information content (AvgIpc) is 2.33. The third kappa shape index (κ3) is 3.54. The normalized spacial score (nSPS) is 11.3. The van der Waals surface area contributed by atoms with Crippen molar-refractivity contribution in [1.82, 2.24) is 9.97 Å². The Balaban J connectivity index is 2.33. The lowest BCUT2D eigenvalue weighted by Gasteiger charge is -2.10. The molecule has 0 atom stereocenters. The van der Waals surface area contributed by atoms with Crippen molar-refractivity contribution in [3.8, 4) is 0 Å². The summed E-state index contributed by atoms with van der Waals surface area (Å²) in [6, 6.07) is 5.42. The Morgan fingerprint density at radius 3 is 2.47 bits per heavy atom. The molecule has 1 N–H and O–H groups in total. The van der Waals surface area contributed by atoms with Crippen LogP contribution in [0, 0.1) is 10.5 Å². The van der Waals surface area contributed by atoms with Gasteiger partial charge in [-0.3, -0.25) is 4.72 Å². The van der Waals surface area contributed by atoms with E-state index in [0.29, 0.717) is 5.69 Å². The van der Waals surface area contributed by atoms with Gasteiger partial charge in [0, 0.05) is 3.57 Å². The van der Waals surface area contributed by atoms with E-state index in [-0.39, 0.29) is 10.2 Å². The van der Waals surface area contributed by atoms with Gasteiger partial charge in [-0.1, -0.05) is 0 Å². The van der Waals surface area contributed by atoms with Crippen LogP contribution in [0.25, 0.3) is 0 Å². The molecule has 2 rings (SSSR count). The topological polar surface area (TPSA) is 72.0 Å². The molecule has 1 aromatic carbocycles. The van der Waals surface area contributed by atoms with Gasteiger partial charge in [0.25, 0.3) is 10.0 Å². The van der Waals surface area contributed by atoms with Crippen molar-refractivity contribution in [2.45, 2.75) is 11.8 Å². The van der Waals surface area contributed by atoms with E-state index in [0.717, 1.165) is 9.13 Å². The van der Waals surface area contributed by atoms with Crippen molar-refractivity contribution in [2.24, 2.45) is 0 Å². The zero-order valence-corrected chi connectivity index (χ0v) is 13.5. The standard InChI is InChI=1S/C11H9ClIN3O2S/c1-7-4-8(13)2-3-10(7)16-19(17,18)9-5-14-11(12)15-6-9/h2-6,16H,1H3. The van der Waals surface area contributed by atoms with Crippen LogP contribution in [0.2, 0.25) is 5.28 Å². The molecule has 0 unspecified atom stereocenters. The predicted molar refractivity (Wildman–Crippen MR) is 81.7 cm³/mol. The second kappa shape index (κ2) is 5.59. The smallest absolute Gasteiger partial charge is 0.264 e. The molecule has 0 aliphatic heterocycles. The quantitative estimate of drug-likeness (QED) is 0.625. The Kier molecular flexibility index (Phi) is 4.26. The summed E-state index contributed by atoms with van der Waals surface area (Å²) < 4.78 is 27.8. The average molecular weight is 410 g/mol. The lowest BCUT2D eigenvalue weighted by molar-refractivity contribution is 0.600. The molecule has 0 saturated carbocycles. The van der Waals surface area contributed by atoms with Crippen LogP contribution in [0.3, 0.4) is 0 Å². The summed E-state index contributed by atoms with van der Waals surface area (Å²) in [5, 5.41) is 0.00407. The highest BCUT2D eigenvalue weighted by Gasteiger charge is 2.16. The van der Waals surface area contributed by atoms with Crippen LogP contribution in [0.1, 0.15) is 5.56 Å². The second-order valence-corrected chi connectivity index (χ2v) is 7.02. The zero-order valence-electron chi connectivity index (χ0n) is 9.76. The third-order valence-corrected chi connectivity index (χ3v) is 4.53. The highest BCUT2D eigenvalue weighted by Crippen LogP contribution is 2.21. The Morgan fingerprint density at radius 1 is 1.26 bits per heavy atom. The van der Waals surface area contributed by atoms with Crippen LogP contribution in [0.4, 0.5) is 5.69 Å². The molecule has 1 aromatic heterocycles. The fourth-order valence-corrected chi connectivity index (χ4v) is 3.15. The van der Waals surface area contributed by atoms with Gasteiger partial charge in [0.05, 0.1) is 18.1 Å². The van der Waals surface area contributed by atoms with Gasteiger partial charge in [0.2, 0.25) is 5.28 Å². The molecule has 0 radical (unpaired) electrons. The minimum Gasteiger partial charge on any atom is -0.279 e. The van der Waals surface area contributed by atoms with E-state index in [1.165, 1.54) is 12.4 Å². The molecule has 0 saturated heterocycles. The molecule has 8 heteroatoms. The number of halogens is 2. The van der Waals surface area contributed by atoms with Crippen molar-refractivity contribution in [3.63, 3.8) is 0 Å². The van der Waals surface area contributed by atoms with E-state index in [1.54, 1.807) is 6.07 Å². The zero-order chi connectivity index (χ0) is 14.0. The summed E-state index contributed by atoms with van der Waals surface area (Å²) in [5.74, 6) is 0. The SMILES string of the molecule is Cc1cc(I)ccc1NS(=O)(=O)c1cnc(Cl)nc1. The van der Waals surface area contributed by atoms with E-state index in [9.17, 15) is 8.42 Å². The molecule has 100 valence electrons. The fourth-order valence-electron chi connectivity index (χ4n) is 1.38. The molecule has 0 aliphatic rings. The van der Waals surface area contributed by atoms with E-state index in [2.05, 4.69) is 37.3 Å². The summed E-state index contributed by atoms with van der Waals surface area (Å²) in [6.07, 6.45) is 2.33. The molecule has 0 fully saturated rings. The van der Waals surface area contributed by atoms with Crippen LogP contribution >= 0.6 is 34.2 Å². The number of benzene rings is 1. The Bertz CT molecular complexity index is 704. The molecule has 0 spiro atoms. The Morgan fingerprint density at radius 2 is 1.89 bits per heavy atom. The minimum absolute atomic E-state index is 0.00407. The van der Waals surface area contributed by atoms with Gasteiger partial charge < -0.3 is 0 Å². The molecule has 0 bridgehead atoms. The largest absolute Gasteiger partial charge is 0.279 e. The first-order chi connectivity index (χ1) is 8.88. The number of nitrogens with zero attached hydrogens (tertiary/aromatic N) is 2. The molecule has 1 heterocycles. The van der Waals surface area contributed by atoms with Gasteiger partial charge in [0.1, 0.15) is 4.90 Å². The van der Waals surface area contributed by atoms with Crippen LogP contribution in [-0.4, -0.2) is 18.4 Å². The summed E-state index contributed by atoms with van der Waals surface area (Å²) in [7, 11) is -3.70. The van der Waals surface area contributed by atoms with Crippen molar-refractivity contribution in [2.75, 3.05) is 4.72 Å². The van der Waals surface area contributed by atoms with Gasteiger partial charge in [-0.15, -0.1) is 0 Å². The van der Waals surface area contributed by atoms with Crippen LogP contribution in [0.5, 0.6) is 0 Å². The maximum absolute atomic E-state index is 12.1. The molecule has 5 nitrogen and oxygen atoms in total. The van der Waals surface area contributed by atoms with Gasteiger partial charge in [-0.05, 0) is 64.9 Å². The van der Waals surface area contributed by atoms with Gasteiger partial charge >= 0.3 is 0 Å². The predicted octanol–water partition coefficient (Wildman–Crippen LogP) is 2.84. The van der Waals surface area contributed by atoms with E-state index in [1.807, 2.05) is 19.1 Å². The number of aryl methyl sites for hydroxylation is 1. The molecule has 19 heavy (non-hydrogen) atoms. The number of nitrogens with one attached hydrogen (secondary N) is 1. The van der Waals surface area contributed by atoms with Gasteiger partial charge in [-0.25, -0.2) is 18.4 Å². The number of rotatable bonds is 3.